The van der Waals surface area contributed by atoms with Crippen molar-refractivity contribution in [2.75, 3.05) is 36.9 Å². The van der Waals surface area contributed by atoms with Crippen LogP contribution >= 0.6 is 11.6 Å². The Kier molecular flexibility index (Phi) is 7.97. The van der Waals surface area contributed by atoms with Crippen LogP contribution in [0.5, 0.6) is 5.75 Å². The van der Waals surface area contributed by atoms with Gasteiger partial charge in [0.1, 0.15) is 36.4 Å². The molecule has 2 heterocycles. The third kappa shape index (κ3) is 5.89. The number of benzene rings is 2. The van der Waals surface area contributed by atoms with Gasteiger partial charge in [-0.2, -0.15) is 0 Å². The summed E-state index contributed by atoms with van der Waals surface area (Å²) in [5, 5.41) is 6.44. The minimum Gasteiger partial charge on any atom is -0.491 e. The summed E-state index contributed by atoms with van der Waals surface area (Å²) < 4.78 is 24.6. The van der Waals surface area contributed by atoms with Crippen molar-refractivity contribution in [1.29, 1.82) is 0 Å². The molecule has 0 unspecified atom stereocenters. The fourth-order valence-electron chi connectivity index (χ4n) is 3.78. The fraction of sp³-hybridized carbons (Fsp3) is 0.280. The molecular formula is C25H25ClFN5O4. The molecule has 2 N–H and O–H groups in total. The summed E-state index contributed by atoms with van der Waals surface area (Å²) in [4.78, 5) is 34.5. The van der Waals surface area contributed by atoms with Gasteiger partial charge in [0, 0.05) is 30.2 Å². The summed E-state index contributed by atoms with van der Waals surface area (Å²) in [7, 11) is 0. The van der Waals surface area contributed by atoms with Gasteiger partial charge in [0.15, 0.2) is 0 Å². The minimum absolute atomic E-state index is 0.0242. The standard InChI is InChI=1S/C25H25ClFN5O4/c1-3-23(33)31-21-12-17-20(28-14-29-24(17)30-16-5-6-19(27)18(26)11-16)13-22(21)35-9-4-7-32-8-10-36-25(34)15(32)2/h3,5-6,11-15H,1,4,7-10H2,2H3,(H,31,33)(H,28,29,30)/t15-/m0/s1. The molecule has 1 saturated heterocycles. The molecule has 188 valence electrons. The lowest BCUT2D eigenvalue weighted by Crippen LogP contribution is -2.47. The first-order valence-electron chi connectivity index (χ1n) is 11.3. The Labute approximate surface area is 212 Å². The monoisotopic (exact) mass is 513 g/mol. The second-order valence-corrected chi connectivity index (χ2v) is 8.52. The lowest BCUT2D eigenvalue weighted by molar-refractivity contribution is -0.156. The van der Waals surface area contributed by atoms with Crippen molar-refractivity contribution >= 4 is 51.6 Å². The molecule has 1 fully saturated rings. The van der Waals surface area contributed by atoms with Crippen molar-refractivity contribution in [3.63, 3.8) is 0 Å². The van der Waals surface area contributed by atoms with Gasteiger partial charge in [-0.3, -0.25) is 14.5 Å². The highest BCUT2D eigenvalue weighted by Crippen LogP contribution is 2.34. The van der Waals surface area contributed by atoms with Gasteiger partial charge in [-0.25, -0.2) is 14.4 Å². The second kappa shape index (κ2) is 11.3. The molecule has 11 heteroatoms. The Bertz CT molecular complexity index is 1300. The van der Waals surface area contributed by atoms with Crippen LogP contribution in [0, 0.1) is 5.82 Å². The van der Waals surface area contributed by atoms with E-state index < -0.39 is 11.7 Å². The summed E-state index contributed by atoms with van der Waals surface area (Å²) in [6, 6.07) is 7.35. The highest BCUT2D eigenvalue weighted by molar-refractivity contribution is 6.31. The number of aromatic nitrogens is 2. The smallest absolute Gasteiger partial charge is 0.323 e. The average Bonchev–Trinajstić information content (AvgIpc) is 2.87. The molecule has 1 aliphatic rings. The predicted octanol–water partition coefficient (Wildman–Crippen LogP) is 4.31. The molecule has 3 aromatic rings. The van der Waals surface area contributed by atoms with E-state index in [0.717, 1.165) is 6.08 Å². The number of anilines is 3. The molecule has 1 atom stereocenters. The fourth-order valence-corrected chi connectivity index (χ4v) is 3.96. The highest BCUT2D eigenvalue weighted by Gasteiger charge is 2.26. The Morgan fingerprint density at radius 1 is 1.36 bits per heavy atom. The summed E-state index contributed by atoms with van der Waals surface area (Å²) in [5.41, 5.74) is 1.52. The summed E-state index contributed by atoms with van der Waals surface area (Å²) >= 11 is 5.90. The zero-order chi connectivity index (χ0) is 25.7. The van der Waals surface area contributed by atoms with Crippen LogP contribution in [0.25, 0.3) is 10.9 Å². The normalized spacial score (nSPS) is 15.9. The predicted molar refractivity (Wildman–Crippen MR) is 135 cm³/mol. The number of halogens is 2. The Hall–Kier alpha value is -3.76. The molecule has 4 rings (SSSR count). The highest BCUT2D eigenvalue weighted by atomic mass is 35.5. The number of carbonyl (C=O) groups is 2. The quantitative estimate of drug-likeness (QED) is 0.248. The molecule has 0 spiro atoms. The van der Waals surface area contributed by atoms with Crippen LogP contribution in [-0.2, 0) is 14.3 Å². The van der Waals surface area contributed by atoms with Gasteiger partial charge in [-0.15, -0.1) is 0 Å². The molecule has 0 radical (unpaired) electrons. The van der Waals surface area contributed by atoms with Crippen LogP contribution in [-0.4, -0.2) is 59.1 Å². The van der Waals surface area contributed by atoms with E-state index in [0.29, 0.717) is 66.6 Å². The van der Waals surface area contributed by atoms with Crippen LogP contribution in [0.15, 0.2) is 49.3 Å². The van der Waals surface area contributed by atoms with Crippen molar-refractivity contribution in [2.45, 2.75) is 19.4 Å². The molecule has 9 nitrogen and oxygen atoms in total. The third-order valence-electron chi connectivity index (χ3n) is 5.72. The van der Waals surface area contributed by atoms with Crippen LogP contribution < -0.4 is 15.4 Å². The van der Waals surface area contributed by atoms with E-state index >= 15 is 0 Å². The molecule has 1 aromatic heterocycles. The van der Waals surface area contributed by atoms with Gasteiger partial charge in [0.05, 0.1) is 22.8 Å². The Balaban J connectivity index is 1.54. The zero-order valence-corrected chi connectivity index (χ0v) is 20.3. The van der Waals surface area contributed by atoms with E-state index in [2.05, 4.69) is 27.2 Å². The molecular weight excluding hydrogens is 489 g/mol. The van der Waals surface area contributed by atoms with Crippen molar-refractivity contribution in [1.82, 2.24) is 14.9 Å². The van der Waals surface area contributed by atoms with Crippen molar-refractivity contribution in [3.05, 3.63) is 60.2 Å². The van der Waals surface area contributed by atoms with Gasteiger partial charge < -0.3 is 20.1 Å². The van der Waals surface area contributed by atoms with Gasteiger partial charge in [-0.1, -0.05) is 18.2 Å². The van der Waals surface area contributed by atoms with Gasteiger partial charge >= 0.3 is 5.97 Å². The summed E-state index contributed by atoms with van der Waals surface area (Å²) in [5.74, 6) is -0.289. The zero-order valence-electron chi connectivity index (χ0n) is 19.6. The van der Waals surface area contributed by atoms with E-state index in [1.165, 1.54) is 24.5 Å². The number of nitrogens with zero attached hydrogens (tertiary/aromatic N) is 3. The molecule has 2 aromatic carbocycles. The van der Waals surface area contributed by atoms with Crippen LogP contribution in [0.1, 0.15) is 13.3 Å². The SMILES string of the molecule is C=CC(=O)Nc1cc2c(Nc3ccc(F)c(Cl)c3)ncnc2cc1OCCCN1CCOC(=O)[C@@H]1C. The van der Waals surface area contributed by atoms with Gasteiger partial charge in [0.2, 0.25) is 5.91 Å². The first kappa shape index (κ1) is 25.3. The maximum absolute atomic E-state index is 13.5. The number of nitrogens with one attached hydrogen (secondary N) is 2. The van der Waals surface area contributed by atoms with Gasteiger partial charge in [0.25, 0.3) is 0 Å². The minimum atomic E-state index is -0.527. The van der Waals surface area contributed by atoms with Crippen LogP contribution in [0.4, 0.5) is 21.6 Å². The third-order valence-corrected chi connectivity index (χ3v) is 6.01. The van der Waals surface area contributed by atoms with E-state index in [1.54, 1.807) is 12.1 Å². The number of morpholine rings is 1. The molecule has 36 heavy (non-hydrogen) atoms. The number of hydrogen-bond acceptors (Lipinski definition) is 8. The maximum Gasteiger partial charge on any atom is 0.323 e. The number of ether oxygens (including phenoxy) is 2. The van der Waals surface area contributed by atoms with Crippen molar-refractivity contribution in [3.8, 4) is 5.75 Å². The molecule has 0 aliphatic carbocycles. The molecule has 0 bridgehead atoms. The lowest BCUT2D eigenvalue weighted by atomic mass is 10.1. The molecule has 0 saturated carbocycles. The Morgan fingerprint density at radius 3 is 2.97 bits per heavy atom. The number of amides is 1. The number of cyclic esters (lactones) is 1. The van der Waals surface area contributed by atoms with Crippen molar-refractivity contribution in [2.24, 2.45) is 0 Å². The average molecular weight is 514 g/mol. The first-order valence-corrected chi connectivity index (χ1v) is 11.7. The van der Waals surface area contributed by atoms with Crippen LogP contribution in [0.3, 0.4) is 0 Å². The second-order valence-electron chi connectivity index (χ2n) is 8.12. The molecule has 1 amide bonds. The largest absolute Gasteiger partial charge is 0.491 e. The maximum atomic E-state index is 13.5. The summed E-state index contributed by atoms with van der Waals surface area (Å²) in [6.07, 6.45) is 3.21. The van der Waals surface area contributed by atoms with Crippen molar-refractivity contribution < 1.29 is 23.5 Å². The lowest BCUT2D eigenvalue weighted by Gasteiger charge is -2.31. The van der Waals surface area contributed by atoms with Crippen LogP contribution in [0.2, 0.25) is 5.02 Å². The Morgan fingerprint density at radius 2 is 2.19 bits per heavy atom. The number of rotatable bonds is 9. The number of fused-ring (bicyclic) bond motifs is 1. The van der Waals surface area contributed by atoms with E-state index in [4.69, 9.17) is 21.1 Å². The topological polar surface area (TPSA) is 106 Å². The number of hydrogen-bond donors (Lipinski definition) is 2. The number of esters is 1. The summed E-state index contributed by atoms with van der Waals surface area (Å²) in [6.45, 7) is 7.39. The molecule has 1 aliphatic heterocycles. The van der Waals surface area contributed by atoms with Gasteiger partial charge in [-0.05, 0) is 43.7 Å². The van der Waals surface area contributed by atoms with E-state index in [1.807, 2.05) is 11.8 Å². The first-order chi connectivity index (χ1) is 17.4. The van der Waals surface area contributed by atoms with E-state index in [9.17, 15) is 14.0 Å². The number of carbonyl (C=O) groups excluding carboxylic acids is 2. The van der Waals surface area contributed by atoms with E-state index in [-0.39, 0.29) is 17.0 Å².